The summed E-state index contributed by atoms with van der Waals surface area (Å²) in [6.45, 7) is 1.62. The molecule has 0 fully saturated rings. The van der Waals surface area contributed by atoms with E-state index < -0.39 is 0 Å². The second-order valence-corrected chi connectivity index (χ2v) is 4.69. The van der Waals surface area contributed by atoms with Crippen molar-refractivity contribution in [3.8, 4) is 5.75 Å². The number of aliphatic hydroxyl groups is 1. The molecule has 5 nitrogen and oxygen atoms in total. The number of hydrogen-bond donors (Lipinski definition) is 3. The highest BCUT2D eigenvalue weighted by molar-refractivity contribution is 6.08. The molecule has 0 unspecified atom stereocenters. The lowest BCUT2D eigenvalue weighted by atomic mass is 10.1. The molecule has 2 rings (SSSR count). The van der Waals surface area contributed by atoms with Gasteiger partial charge in [0.1, 0.15) is 5.75 Å². The van der Waals surface area contributed by atoms with Crippen LogP contribution >= 0.6 is 0 Å². The van der Waals surface area contributed by atoms with E-state index in [4.69, 9.17) is 5.73 Å². The lowest BCUT2D eigenvalue weighted by Crippen LogP contribution is -2.34. The number of rotatable bonds is 4. The fourth-order valence-corrected chi connectivity index (χ4v) is 2.17. The summed E-state index contributed by atoms with van der Waals surface area (Å²) in [4.78, 5) is 14.1. The number of nitrogens with zero attached hydrogens (tertiary/aromatic N) is 1. The number of anilines is 2. The molecule has 0 atom stereocenters. The first-order valence-electron chi connectivity index (χ1n) is 6.62. The highest BCUT2D eigenvalue weighted by Gasteiger charge is 2.21. The van der Waals surface area contributed by atoms with Gasteiger partial charge in [-0.15, -0.1) is 0 Å². The van der Waals surface area contributed by atoms with Crippen molar-refractivity contribution in [2.24, 2.45) is 0 Å². The maximum Gasteiger partial charge on any atom is 0.258 e. The molecule has 1 amide bonds. The number of benzene rings is 2. The number of phenols is 1. The molecule has 2 aromatic carbocycles. The van der Waals surface area contributed by atoms with Gasteiger partial charge in [-0.05, 0) is 31.2 Å². The maximum absolute atomic E-state index is 12.7. The fourth-order valence-electron chi connectivity index (χ4n) is 2.17. The number of carbonyl (C=O) groups is 1. The van der Waals surface area contributed by atoms with Gasteiger partial charge in [-0.1, -0.05) is 18.2 Å². The number of aliphatic hydroxyl groups excluding tert-OH is 1. The lowest BCUT2D eigenvalue weighted by molar-refractivity contribution is 0.0980. The third-order valence-electron chi connectivity index (χ3n) is 3.33. The molecule has 0 bridgehead atoms. The summed E-state index contributed by atoms with van der Waals surface area (Å²) in [7, 11) is 0. The van der Waals surface area contributed by atoms with Crippen LogP contribution in [0.4, 0.5) is 11.4 Å². The first-order valence-corrected chi connectivity index (χ1v) is 6.62. The predicted octanol–water partition coefficient (Wildman–Crippen LogP) is 1.92. The van der Waals surface area contributed by atoms with Gasteiger partial charge in [-0.2, -0.15) is 0 Å². The van der Waals surface area contributed by atoms with E-state index in [1.807, 2.05) is 0 Å². The number of nitrogen functional groups attached to an aromatic ring is 1. The zero-order chi connectivity index (χ0) is 15.4. The summed E-state index contributed by atoms with van der Waals surface area (Å²) >= 11 is 0. The van der Waals surface area contributed by atoms with Crippen LogP contribution in [-0.2, 0) is 0 Å². The van der Waals surface area contributed by atoms with E-state index in [2.05, 4.69) is 0 Å². The highest BCUT2D eigenvalue weighted by Crippen LogP contribution is 2.27. The van der Waals surface area contributed by atoms with Gasteiger partial charge < -0.3 is 20.8 Å². The molecule has 2 aromatic rings. The summed E-state index contributed by atoms with van der Waals surface area (Å²) in [5.74, 6) is -0.249. The highest BCUT2D eigenvalue weighted by atomic mass is 16.3. The van der Waals surface area contributed by atoms with Crippen molar-refractivity contribution in [2.75, 3.05) is 23.8 Å². The van der Waals surface area contributed by atoms with E-state index in [-0.39, 0.29) is 24.8 Å². The van der Waals surface area contributed by atoms with Crippen molar-refractivity contribution in [2.45, 2.75) is 6.92 Å². The Morgan fingerprint density at radius 1 is 1.19 bits per heavy atom. The molecule has 21 heavy (non-hydrogen) atoms. The predicted molar refractivity (Wildman–Crippen MR) is 82.5 cm³/mol. The van der Waals surface area contributed by atoms with E-state index in [1.54, 1.807) is 43.3 Å². The molecule has 4 N–H and O–H groups in total. The minimum absolute atomic E-state index is 0.0610. The Morgan fingerprint density at radius 3 is 2.57 bits per heavy atom. The minimum Gasteiger partial charge on any atom is -0.508 e. The smallest absolute Gasteiger partial charge is 0.258 e. The average molecular weight is 286 g/mol. The fraction of sp³-hybridized carbons (Fsp3) is 0.188. The lowest BCUT2D eigenvalue weighted by Gasteiger charge is -2.24. The van der Waals surface area contributed by atoms with Crippen LogP contribution in [0.1, 0.15) is 15.9 Å². The first-order chi connectivity index (χ1) is 10.1. The number of nitrogens with two attached hydrogens (primary N) is 1. The second kappa shape index (κ2) is 6.28. The van der Waals surface area contributed by atoms with Crippen LogP contribution in [0.2, 0.25) is 0 Å². The van der Waals surface area contributed by atoms with Gasteiger partial charge in [-0.3, -0.25) is 4.79 Å². The quantitative estimate of drug-likeness (QED) is 0.749. The molecule has 0 saturated heterocycles. The van der Waals surface area contributed by atoms with Gasteiger partial charge in [0.05, 0.1) is 18.0 Å². The SMILES string of the molecule is Cc1c(O)cccc1C(=O)N(CCO)c1ccccc1N. The topological polar surface area (TPSA) is 86.8 Å². The van der Waals surface area contributed by atoms with Gasteiger partial charge in [0, 0.05) is 17.7 Å². The van der Waals surface area contributed by atoms with Gasteiger partial charge in [0.15, 0.2) is 0 Å². The van der Waals surface area contributed by atoms with Gasteiger partial charge >= 0.3 is 0 Å². The zero-order valence-electron chi connectivity index (χ0n) is 11.8. The van der Waals surface area contributed by atoms with Crippen molar-refractivity contribution in [1.29, 1.82) is 0 Å². The maximum atomic E-state index is 12.7. The van der Waals surface area contributed by atoms with E-state index in [9.17, 15) is 15.0 Å². The molecule has 0 aliphatic rings. The number of amides is 1. The standard InChI is InChI=1S/C16H18N2O3/c1-11-12(5-4-8-15(11)20)16(21)18(9-10-19)14-7-3-2-6-13(14)17/h2-8,19-20H,9-10,17H2,1H3. The van der Waals surface area contributed by atoms with E-state index in [0.717, 1.165) is 0 Å². The number of para-hydroxylation sites is 2. The van der Waals surface area contributed by atoms with Crippen LogP contribution in [-0.4, -0.2) is 29.3 Å². The number of phenolic OH excluding ortho intramolecular Hbond substituents is 1. The molecular weight excluding hydrogens is 268 g/mol. The molecular formula is C16H18N2O3. The van der Waals surface area contributed by atoms with Crippen LogP contribution in [0.15, 0.2) is 42.5 Å². The Morgan fingerprint density at radius 2 is 1.90 bits per heavy atom. The monoisotopic (exact) mass is 286 g/mol. The third-order valence-corrected chi connectivity index (χ3v) is 3.33. The van der Waals surface area contributed by atoms with Crippen molar-refractivity contribution >= 4 is 17.3 Å². The van der Waals surface area contributed by atoms with Crippen LogP contribution in [0.5, 0.6) is 5.75 Å². The summed E-state index contributed by atoms with van der Waals surface area (Å²) in [5.41, 5.74) is 7.79. The van der Waals surface area contributed by atoms with Crippen LogP contribution < -0.4 is 10.6 Å². The normalized spacial score (nSPS) is 10.4. The molecule has 0 heterocycles. The van der Waals surface area contributed by atoms with Gasteiger partial charge in [-0.25, -0.2) is 0 Å². The molecule has 0 aliphatic heterocycles. The van der Waals surface area contributed by atoms with Gasteiger partial charge in [0.2, 0.25) is 0 Å². The van der Waals surface area contributed by atoms with Crippen molar-refractivity contribution in [3.05, 3.63) is 53.6 Å². The average Bonchev–Trinajstić information content (AvgIpc) is 2.48. The number of aromatic hydroxyl groups is 1. The Balaban J connectivity index is 2.46. The summed E-state index contributed by atoms with van der Waals surface area (Å²) in [5, 5.41) is 19.0. The van der Waals surface area contributed by atoms with Crippen LogP contribution in [0, 0.1) is 6.92 Å². The van der Waals surface area contributed by atoms with E-state index in [0.29, 0.717) is 22.5 Å². The van der Waals surface area contributed by atoms with Crippen LogP contribution in [0.25, 0.3) is 0 Å². The molecule has 0 aliphatic carbocycles. The van der Waals surface area contributed by atoms with Gasteiger partial charge in [0.25, 0.3) is 5.91 Å². The number of carbonyl (C=O) groups excluding carboxylic acids is 1. The summed E-state index contributed by atoms with van der Waals surface area (Å²) < 4.78 is 0. The first kappa shape index (κ1) is 14.9. The molecule has 110 valence electrons. The van der Waals surface area contributed by atoms with Crippen molar-refractivity contribution in [1.82, 2.24) is 0 Å². The summed E-state index contributed by atoms with van der Waals surface area (Å²) in [6.07, 6.45) is 0. The zero-order valence-corrected chi connectivity index (χ0v) is 11.8. The third kappa shape index (κ3) is 2.98. The Hall–Kier alpha value is -2.53. The molecule has 0 spiro atoms. The van der Waals surface area contributed by atoms with E-state index in [1.165, 1.54) is 11.0 Å². The number of hydrogen-bond acceptors (Lipinski definition) is 4. The minimum atomic E-state index is -0.310. The largest absolute Gasteiger partial charge is 0.508 e. The molecule has 0 radical (unpaired) electrons. The Kier molecular flexibility index (Phi) is 4.45. The van der Waals surface area contributed by atoms with Crippen LogP contribution in [0.3, 0.4) is 0 Å². The Bertz CT molecular complexity index is 656. The van der Waals surface area contributed by atoms with E-state index >= 15 is 0 Å². The summed E-state index contributed by atoms with van der Waals surface area (Å²) in [6, 6.07) is 11.8. The molecule has 0 aromatic heterocycles. The molecule has 0 saturated carbocycles. The second-order valence-electron chi connectivity index (χ2n) is 4.69. The van der Waals surface area contributed by atoms with Crippen molar-refractivity contribution < 1.29 is 15.0 Å². The van der Waals surface area contributed by atoms with Crippen molar-refractivity contribution in [3.63, 3.8) is 0 Å². The molecule has 5 heteroatoms. The Labute approximate surface area is 123 Å².